The predicted molar refractivity (Wildman–Crippen MR) is 65.9 cm³/mol. The minimum atomic E-state index is -2.85. The molecule has 0 fully saturated rings. The molecule has 0 aromatic heterocycles. The Morgan fingerprint density at radius 2 is 1.80 bits per heavy atom. The van der Waals surface area contributed by atoms with Gasteiger partial charge in [-0.2, -0.15) is 0 Å². The number of hydrogen-bond donors (Lipinski definition) is 1. The summed E-state index contributed by atoms with van der Waals surface area (Å²) >= 11 is 0. The molecule has 0 aliphatic carbocycles. The zero-order valence-electron chi connectivity index (χ0n) is 10.4. The van der Waals surface area contributed by atoms with Gasteiger partial charge in [-0.15, -0.1) is 0 Å². The van der Waals surface area contributed by atoms with E-state index >= 15 is 0 Å². The minimum absolute atomic E-state index is 0.242. The third-order valence-corrected chi connectivity index (χ3v) is 4.77. The second-order valence-electron chi connectivity index (χ2n) is 4.51. The maximum Gasteiger partial charge on any atom is 0.152 e. The van der Waals surface area contributed by atoms with E-state index in [0.717, 1.165) is 25.9 Å². The van der Waals surface area contributed by atoms with Gasteiger partial charge >= 0.3 is 0 Å². The quantitative estimate of drug-likeness (QED) is 0.653. The molecule has 3 nitrogen and oxygen atoms in total. The first-order valence-corrected chi connectivity index (χ1v) is 7.54. The average molecular weight is 235 g/mol. The molecule has 0 rings (SSSR count). The third kappa shape index (κ3) is 6.90. The van der Waals surface area contributed by atoms with E-state index in [1.54, 1.807) is 13.8 Å². The summed E-state index contributed by atoms with van der Waals surface area (Å²) in [5.74, 6) is 0.754. The van der Waals surface area contributed by atoms with E-state index in [0.29, 0.717) is 11.7 Å². The second kappa shape index (κ2) is 7.23. The standard InChI is InChI=1S/C11H25NO2S/c1-5-7-12-9-11(4)6-8-15(13,14)10(2)3/h10-12H,5-9H2,1-4H3. The Hall–Kier alpha value is -0.0900. The summed E-state index contributed by atoms with van der Waals surface area (Å²) in [4.78, 5) is 0. The number of hydrogen-bond acceptors (Lipinski definition) is 3. The highest BCUT2D eigenvalue weighted by molar-refractivity contribution is 7.91. The molecule has 1 atom stereocenters. The van der Waals surface area contributed by atoms with Gasteiger partial charge < -0.3 is 5.32 Å². The zero-order valence-corrected chi connectivity index (χ0v) is 11.2. The molecule has 1 unspecified atom stereocenters. The van der Waals surface area contributed by atoms with Crippen molar-refractivity contribution in [2.45, 2.75) is 45.8 Å². The van der Waals surface area contributed by atoms with Crippen molar-refractivity contribution in [3.63, 3.8) is 0 Å². The summed E-state index contributed by atoms with van der Waals surface area (Å²) in [5.41, 5.74) is 0. The Labute approximate surface area is 94.6 Å². The van der Waals surface area contributed by atoms with Crippen molar-refractivity contribution in [3.8, 4) is 0 Å². The Morgan fingerprint density at radius 3 is 2.27 bits per heavy atom. The number of sulfone groups is 1. The van der Waals surface area contributed by atoms with Crippen LogP contribution in [-0.2, 0) is 9.84 Å². The van der Waals surface area contributed by atoms with E-state index in [-0.39, 0.29) is 5.25 Å². The molecule has 0 saturated carbocycles. The van der Waals surface area contributed by atoms with Crippen molar-refractivity contribution in [3.05, 3.63) is 0 Å². The van der Waals surface area contributed by atoms with E-state index in [1.807, 2.05) is 0 Å². The van der Waals surface area contributed by atoms with Crippen LogP contribution in [-0.4, -0.2) is 32.5 Å². The van der Waals surface area contributed by atoms with Crippen molar-refractivity contribution in [2.75, 3.05) is 18.8 Å². The van der Waals surface area contributed by atoms with Crippen molar-refractivity contribution < 1.29 is 8.42 Å². The van der Waals surface area contributed by atoms with Gasteiger partial charge in [0.2, 0.25) is 0 Å². The summed E-state index contributed by atoms with van der Waals surface area (Å²) < 4.78 is 23.1. The average Bonchev–Trinajstić information content (AvgIpc) is 2.15. The molecule has 0 radical (unpaired) electrons. The molecule has 0 aliphatic heterocycles. The van der Waals surface area contributed by atoms with Gasteiger partial charge in [0.25, 0.3) is 0 Å². The van der Waals surface area contributed by atoms with E-state index < -0.39 is 9.84 Å². The van der Waals surface area contributed by atoms with Crippen LogP contribution < -0.4 is 5.32 Å². The Kier molecular flexibility index (Phi) is 7.18. The largest absolute Gasteiger partial charge is 0.316 e. The Morgan fingerprint density at radius 1 is 1.20 bits per heavy atom. The van der Waals surface area contributed by atoms with Crippen LogP contribution >= 0.6 is 0 Å². The van der Waals surface area contributed by atoms with Gasteiger partial charge in [-0.1, -0.05) is 13.8 Å². The third-order valence-electron chi connectivity index (χ3n) is 2.53. The van der Waals surface area contributed by atoms with E-state index in [9.17, 15) is 8.42 Å². The van der Waals surface area contributed by atoms with Gasteiger partial charge in [0, 0.05) is 0 Å². The highest BCUT2D eigenvalue weighted by Gasteiger charge is 2.16. The molecule has 92 valence electrons. The van der Waals surface area contributed by atoms with Crippen LogP contribution in [0.2, 0.25) is 0 Å². The maximum atomic E-state index is 11.5. The summed E-state index contributed by atoms with van der Waals surface area (Å²) in [6.07, 6.45) is 1.88. The predicted octanol–water partition coefficient (Wildman–Crippen LogP) is 1.84. The van der Waals surface area contributed by atoms with Crippen LogP contribution in [0.15, 0.2) is 0 Å². The molecular weight excluding hydrogens is 210 g/mol. The first kappa shape index (κ1) is 14.9. The van der Waals surface area contributed by atoms with Gasteiger partial charge in [-0.05, 0) is 45.7 Å². The van der Waals surface area contributed by atoms with Gasteiger partial charge in [0.1, 0.15) is 0 Å². The fourth-order valence-electron chi connectivity index (χ4n) is 1.23. The van der Waals surface area contributed by atoms with Crippen molar-refractivity contribution in [2.24, 2.45) is 5.92 Å². The van der Waals surface area contributed by atoms with Crippen LogP contribution in [0.3, 0.4) is 0 Å². The first-order valence-electron chi connectivity index (χ1n) is 5.82. The van der Waals surface area contributed by atoms with Gasteiger partial charge in [0.15, 0.2) is 9.84 Å². The molecule has 15 heavy (non-hydrogen) atoms. The number of nitrogens with one attached hydrogen (secondary N) is 1. The Bertz CT molecular complexity index is 247. The molecule has 1 N–H and O–H groups in total. The first-order chi connectivity index (χ1) is 6.90. The maximum absolute atomic E-state index is 11.5. The van der Waals surface area contributed by atoms with Crippen LogP contribution in [0.4, 0.5) is 0 Å². The van der Waals surface area contributed by atoms with Crippen LogP contribution in [0.25, 0.3) is 0 Å². The topological polar surface area (TPSA) is 46.2 Å². The fourth-order valence-corrected chi connectivity index (χ4v) is 2.43. The van der Waals surface area contributed by atoms with Crippen LogP contribution in [0.5, 0.6) is 0 Å². The molecule has 0 saturated heterocycles. The highest BCUT2D eigenvalue weighted by atomic mass is 32.2. The fraction of sp³-hybridized carbons (Fsp3) is 1.00. The molecule has 4 heteroatoms. The minimum Gasteiger partial charge on any atom is -0.316 e. The normalized spacial score (nSPS) is 14.5. The van der Waals surface area contributed by atoms with Crippen LogP contribution in [0, 0.1) is 5.92 Å². The lowest BCUT2D eigenvalue weighted by Crippen LogP contribution is -2.25. The molecule has 0 bridgehead atoms. The van der Waals surface area contributed by atoms with Crippen LogP contribution in [0.1, 0.15) is 40.5 Å². The second-order valence-corrected chi connectivity index (χ2v) is 7.19. The zero-order chi connectivity index (χ0) is 11.9. The molecule has 0 aromatic rings. The summed E-state index contributed by atoms with van der Waals surface area (Å²) in [7, 11) is -2.85. The van der Waals surface area contributed by atoms with E-state index in [1.165, 1.54) is 0 Å². The monoisotopic (exact) mass is 235 g/mol. The van der Waals surface area contributed by atoms with E-state index in [4.69, 9.17) is 0 Å². The summed E-state index contributed by atoms with van der Waals surface area (Å²) in [6.45, 7) is 9.65. The van der Waals surface area contributed by atoms with Gasteiger partial charge in [0.05, 0.1) is 11.0 Å². The highest BCUT2D eigenvalue weighted by Crippen LogP contribution is 2.08. The molecular formula is C11H25NO2S. The lowest BCUT2D eigenvalue weighted by molar-refractivity contribution is 0.495. The van der Waals surface area contributed by atoms with Crippen molar-refractivity contribution in [1.82, 2.24) is 5.32 Å². The number of rotatable bonds is 8. The van der Waals surface area contributed by atoms with Gasteiger partial charge in [-0.3, -0.25) is 0 Å². The van der Waals surface area contributed by atoms with Gasteiger partial charge in [-0.25, -0.2) is 8.42 Å². The Balaban J connectivity index is 3.76. The van der Waals surface area contributed by atoms with Crippen molar-refractivity contribution in [1.29, 1.82) is 0 Å². The molecule has 0 amide bonds. The SMILES string of the molecule is CCCNCC(C)CCS(=O)(=O)C(C)C. The molecule has 0 aliphatic rings. The molecule has 0 spiro atoms. The molecule has 0 aromatic carbocycles. The lowest BCUT2D eigenvalue weighted by Gasteiger charge is -2.13. The summed E-state index contributed by atoms with van der Waals surface area (Å²) in [6, 6.07) is 0. The smallest absolute Gasteiger partial charge is 0.152 e. The lowest BCUT2D eigenvalue weighted by atomic mass is 10.1. The van der Waals surface area contributed by atoms with E-state index in [2.05, 4.69) is 19.2 Å². The van der Waals surface area contributed by atoms with Crippen molar-refractivity contribution >= 4 is 9.84 Å². The summed E-state index contributed by atoms with van der Waals surface area (Å²) in [5, 5.41) is 3.06. The molecule has 0 heterocycles.